The second kappa shape index (κ2) is 4.70. The highest BCUT2D eigenvalue weighted by Gasteiger charge is 2.07. The molecule has 72 valence electrons. The fourth-order valence-electron chi connectivity index (χ4n) is 1.17. The third kappa shape index (κ3) is 2.93. The van der Waals surface area contributed by atoms with Crippen LogP contribution in [0.5, 0.6) is 0 Å². The quantitative estimate of drug-likeness (QED) is 0.712. The van der Waals surface area contributed by atoms with E-state index in [1.807, 2.05) is 0 Å². The summed E-state index contributed by atoms with van der Waals surface area (Å²) < 4.78 is 5.09. The molecule has 0 aromatic carbocycles. The lowest BCUT2D eigenvalue weighted by Gasteiger charge is -1.93. The van der Waals surface area contributed by atoms with Crippen LogP contribution < -0.4 is 0 Å². The van der Waals surface area contributed by atoms with Crippen molar-refractivity contribution in [2.45, 2.75) is 32.6 Å². The maximum atomic E-state index is 10.5. The lowest BCUT2D eigenvalue weighted by Crippen LogP contribution is -1.92. The Balaban J connectivity index is 2.44. The van der Waals surface area contributed by atoms with Crippen LogP contribution >= 0.6 is 0 Å². The summed E-state index contributed by atoms with van der Waals surface area (Å²) in [6.45, 7) is 2.13. The van der Waals surface area contributed by atoms with Crippen molar-refractivity contribution >= 4 is 5.97 Å². The second-order valence-electron chi connectivity index (χ2n) is 3.06. The Morgan fingerprint density at radius 2 is 2.31 bits per heavy atom. The van der Waals surface area contributed by atoms with Gasteiger partial charge >= 0.3 is 5.97 Å². The minimum Gasteiger partial charge on any atom is -0.478 e. The Kier molecular flexibility index (Phi) is 3.55. The van der Waals surface area contributed by atoms with Gasteiger partial charge in [-0.25, -0.2) is 4.79 Å². The Morgan fingerprint density at radius 1 is 1.54 bits per heavy atom. The minimum absolute atomic E-state index is 0.242. The third-order valence-electron chi connectivity index (χ3n) is 1.93. The number of rotatable bonds is 5. The number of aryl methyl sites for hydroxylation is 1. The second-order valence-corrected chi connectivity index (χ2v) is 3.06. The average Bonchev–Trinajstić information content (AvgIpc) is 2.53. The highest BCUT2D eigenvalue weighted by molar-refractivity contribution is 5.87. The lowest BCUT2D eigenvalue weighted by molar-refractivity contribution is 0.0696. The van der Waals surface area contributed by atoms with Gasteiger partial charge in [-0.15, -0.1) is 0 Å². The molecule has 0 unspecified atom stereocenters. The molecule has 0 spiro atoms. The van der Waals surface area contributed by atoms with Gasteiger partial charge in [-0.3, -0.25) is 0 Å². The van der Waals surface area contributed by atoms with Gasteiger partial charge in [0.05, 0.1) is 5.56 Å². The van der Waals surface area contributed by atoms with Crippen LogP contribution in [0.3, 0.4) is 0 Å². The van der Waals surface area contributed by atoms with E-state index in [0.717, 1.165) is 31.4 Å². The van der Waals surface area contributed by atoms with Crippen LogP contribution in [0.15, 0.2) is 16.7 Å². The molecule has 3 nitrogen and oxygen atoms in total. The summed E-state index contributed by atoms with van der Waals surface area (Å²) in [4.78, 5) is 10.5. The SMILES string of the molecule is CCCCCc1cc(C(=O)O)co1. The van der Waals surface area contributed by atoms with Gasteiger partial charge in [0.25, 0.3) is 0 Å². The van der Waals surface area contributed by atoms with Gasteiger partial charge in [0.1, 0.15) is 12.0 Å². The molecule has 13 heavy (non-hydrogen) atoms. The van der Waals surface area contributed by atoms with Crippen molar-refractivity contribution in [3.63, 3.8) is 0 Å². The Hall–Kier alpha value is -1.25. The first-order valence-corrected chi connectivity index (χ1v) is 4.54. The number of carboxylic acids is 1. The largest absolute Gasteiger partial charge is 0.478 e. The molecule has 1 aromatic rings. The van der Waals surface area contributed by atoms with Gasteiger partial charge < -0.3 is 9.52 Å². The zero-order valence-corrected chi connectivity index (χ0v) is 7.75. The van der Waals surface area contributed by atoms with E-state index in [9.17, 15) is 4.79 Å². The third-order valence-corrected chi connectivity index (χ3v) is 1.93. The maximum Gasteiger partial charge on any atom is 0.338 e. The van der Waals surface area contributed by atoms with Gasteiger partial charge in [0.15, 0.2) is 0 Å². The number of carbonyl (C=O) groups is 1. The van der Waals surface area contributed by atoms with Crippen molar-refractivity contribution in [2.24, 2.45) is 0 Å². The van der Waals surface area contributed by atoms with Crippen LogP contribution in [0.1, 0.15) is 42.3 Å². The summed E-state index contributed by atoms with van der Waals surface area (Å²) in [5.41, 5.74) is 0.242. The molecule has 0 saturated heterocycles. The fourth-order valence-corrected chi connectivity index (χ4v) is 1.17. The minimum atomic E-state index is -0.925. The molecule has 0 aliphatic rings. The Bertz CT molecular complexity index is 275. The number of furan rings is 1. The van der Waals surface area contributed by atoms with Gasteiger partial charge in [-0.05, 0) is 12.5 Å². The average molecular weight is 182 g/mol. The first-order valence-electron chi connectivity index (χ1n) is 4.54. The normalized spacial score (nSPS) is 10.2. The molecule has 3 heteroatoms. The number of unbranched alkanes of at least 4 members (excludes halogenated alkanes) is 2. The summed E-state index contributed by atoms with van der Waals surface area (Å²) in [6.07, 6.45) is 5.50. The summed E-state index contributed by atoms with van der Waals surface area (Å²) in [7, 11) is 0. The number of hydrogen-bond acceptors (Lipinski definition) is 2. The van der Waals surface area contributed by atoms with Crippen molar-refractivity contribution in [1.29, 1.82) is 0 Å². The molecule has 0 atom stereocenters. The number of carboxylic acid groups (broad SMARTS) is 1. The van der Waals surface area contributed by atoms with Crippen molar-refractivity contribution < 1.29 is 14.3 Å². The molecule has 0 aliphatic heterocycles. The molecule has 0 aliphatic carbocycles. The van der Waals surface area contributed by atoms with Crippen molar-refractivity contribution in [1.82, 2.24) is 0 Å². The Morgan fingerprint density at radius 3 is 2.85 bits per heavy atom. The Labute approximate surface area is 77.4 Å². The summed E-state index contributed by atoms with van der Waals surface area (Å²) in [5.74, 6) is -0.156. The highest BCUT2D eigenvalue weighted by atomic mass is 16.4. The van der Waals surface area contributed by atoms with Crippen molar-refractivity contribution in [3.05, 3.63) is 23.7 Å². The van der Waals surface area contributed by atoms with Crippen LogP contribution in [0.25, 0.3) is 0 Å². The maximum absolute atomic E-state index is 10.5. The molecule has 1 N–H and O–H groups in total. The van der Waals surface area contributed by atoms with Crippen LogP contribution in [0.2, 0.25) is 0 Å². The molecule has 1 heterocycles. The predicted octanol–water partition coefficient (Wildman–Crippen LogP) is 2.71. The van der Waals surface area contributed by atoms with Crippen LogP contribution in [-0.2, 0) is 6.42 Å². The van der Waals surface area contributed by atoms with Crippen LogP contribution in [0.4, 0.5) is 0 Å². The standard InChI is InChI=1S/C10H14O3/c1-2-3-4-5-9-6-8(7-13-9)10(11)12/h6-7H,2-5H2,1H3,(H,11,12). The summed E-state index contributed by atoms with van der Waals surface area (Å²) in [6, 6.07) is 1.60. The van der Waals surface area contributed by atoms with E-state index in [0.29, 0.717) is 0 Å². The zero-order chi connectivity index (χ0) is 9.68. The molecule has 0 amide bonds. The van der Waals surface area contributed by atoms with Gasteiger partial charge in [-0.2, -0.15) is 0 Å². The van der Waals surface area contributed by atoms with E-state index in [1.54, 1.807) is 6.07 Å². The molecular weight excluding hydrogens is 168 g/mol. The number of hydrogen-bond donors (Lipinski definition) is 1. The van der Waals surface area contributed by atoms with Gasteiger partial charge in [-0.1, -0.05) is 19.8 Å². The van der Waals surface area contributed by atoms with E-state index < -0.39 is 5.97 Å². The molecule has 0 radical (unpaired) electrons. The number of aromatic carboxylic acids is 1. The predicted molar refractivity (Wildman–Crippen MR) is 48.9 cm³/mol. The smallest absolute Gasteiger partial charge is 0.338 e. The lowest BCUT2D eigenvalue weighted by atomic mass is 10.1. The molecule has 1 aromatic heterocycles. The van der Waals surface area contributed by atoms with E-state index in [2.05, 4.69) is 6.92 Å². The summed E-state index contributed by atoms with van der Waals surface area (Å²) >= 11 is 0. The van der Waals surface area contributed by atoms with Crippen molar-refractivity contribution in [3.8, 4) is 0 Å². The first-order chi connectivity index (χ1) is 6.24. The monoisotopic (exact) mass is 182 g/mol. The first kappa shape index (κ1) is 9.84. The van der Waals surface area contributed by atoms with E-state index in [-0.39, 0.29) is 5.56 Å². The highest BCUT2D eigenvalue weighted by Crippen LogP contribution is 2.11. The van der Waals surface area contributed by atoms with Gasteiger partial charge in [0.2, 0.25) is 0 Å². The van der Waals surface area contributed by atoms with E-state index in [4.69, 9.17) is 9.52 Å². The van der Waals surface area contributed by atoms with Gasteiger partial charge in [0, 0.05) is 6.42 Å². The molecular formula is C10H14O3. The fraction of sp³-hybridized carbons (Fsp3) is 0.500. The summed E-state index contributed by atoms with van der Waals surface area (Å²) in [5, 5.41) is 8.61. The molecule has 0 bridgehead atoms. The van der Waals surface area contributed by atoms with Crippen LogP contribution in [-0.4, -0.2) is 11.1 Å². The van der Waals surface area contributed by atoms with E-state index in [1.165, 1.54) is 6.26 Å². The molecule has 0 saturated carbocycles. The molecule has 0 fully saturated rings. The van der Waals surface area contributed by atoms with E-state index >= 15 is 0 Å². The zero-order valence-electron chi connectivity index (χ0n) is 7.75. The molecule has 1 rings (SSSR count). The van der Waals surface area contributed by atoms with Crippen molar-refractivity contribution in [2.75, 3.05) is 0 Å². The topological polar surface area (TPSA) is 50.4 Å². The van der Waals surface area contributed by atoms with Crippen LogP contribution in [0, 0.1) is 0 Å².